The van der Waals surface area contributed by atoms with Crippen molar-refractivity contribution in [3.63, 3.8) is 0 Å². The van der Waals surface area contributed by atoms with Gasteiger partial charge in [0.1, 0.15) is 12.4 Å². The summed E-state index contributed by atoms with van der Waals surface area (Å²) in [4.78, 5) is 12.2. The highest BCUT2D eigenvalue weighted by Gasteiger charge is 2.29. The third-order valence-corrected chi connectivity index (χ3v) is 6.18. The molecule has 27 heavy (non-hydrogen) atoms. The van der Waals surface area contributed by atoms with E-state index in [-0.39, 0.29) is 12.8 Å². The molecule has 0 saturated carbocycles. The Hall–Kier alpha value is -2.29. The van der Waals surface area contributed by atoms with Crippen LogP contribution in [0.2, 0.25) is 0 Å². The molecular weight excluding hydrogens is 383 g/mol. The van der Waals surface area contributed by atoms with Crippen molar-refractivity contribution in [2.45, 2.75) is 13.5 Å². The smallest absolute Gasteiger partial charge is 0.337 e. The Morgan fingerprint density at radius 1 is 1.00 bits per heavy atom. The predicted molar refractivity (Wildman–Crippen MR) is 108 cm³/mol. The molecule has 0 aliphatic carbocycles. The lowest BCUT2D eigenvalue weighted by molar-refractivity contribution is -0.148. The van der Waals surface area contributed by atoms with Crippen molar-refractivity contribution in [1.29, 1.82) is 0 Å². The van der Waals surface area contributed by atoms with Gasteiger partial charge in [0.15, 0.2) is 0 Å². The van der Waals surface area contributed by atoms with Crippen molar-refractivity contribution >= 4 is 34.7 Å². The second-order valence-electron chi connectivity index (χ2n) is 6.34. The molecule has 2 atom stereocenters. The van der Waals surface area contributed by atoms with Crippen molar-refractivity contribution in [1.82, 2.24) is 0 Å². The minimum absolute atomic E-state index is 0.106. The highest BCUT2D eigenvalue weighted by Crippen LogP contribution is 2.54. The molecule has 0 aliphatic rings. The van der Waals surface area contributed by atoms with Gasteiger partial charge in [-0.15, -0.1) is 0 Å². The maximum Gasteiger partial charge on any atom is 0.337 e. The number of hydrogen-bond acceptors (Lipinski definition) is 4. The first-order valence-corrected chi connectivity index (χ1v) is 11.3. The van der Waals surface area contributed by atoms with Crippen LogP contribution in [0.1, 0.15) is 12.5 Å². The summed E-state index contributed by atoms with van der Waals surface area (Å²) in [6.45, 7) is -1.75. The second-order valence-corrected chi connectivity index (χ2v) is 9.61. The van der Waals surface area contributed by atoms with Crippen molar-refractivity contribution in [2.75, 3.05) is 6.16 Å². The van der Waals surface area contributed by atoms with E-state index < -0.39 is 18.6 Å². The zero-order valence-electron chi connectivity index (χ0n) is 14.9. The molecule has 0 N–H and O–H groups in total. The maximum absolute atomic E-state index is 12.8. The number of carbonyl (C=O) groups excluding carboxylic acids is 1. The second kappa shape index (κ2) is 8.60. The van der Waals surface area contributed by atoms with Crippen LogP contribution < -0.4 is 4.52 Å². The zero-order chi connectivity index (χ0) is 19.3. The van der Waals surface area contributed by atoms with E-state index in [1.54, 1.807) is 13.0 Å². The summed E-state index contributed by atoms with van der Waals surface area (Å²) in [5.41, 5.74) is 0.888. The first kappa shape index (κ1) is 19.5. The monoisotopic (exact) mass is 402 g/mol. The summed E-state index contributed by atoms with van der Waals surface area (Å²) < 4.78 is 23.6. The molecule has 3 aromatic carbocycles. The largest absolute Gasteiger partial charge is 0.461 e. The van der Waals surface area contributed by atoms with Crippen molar-refractivity contribution < 1.29 is 18.6 Å². The van der Waals surface area contributed by atoms with Crippen LogP contribution in [0.4, 0.5) is 0 Å². The van der Waals surface area contributed by atoms with E-state index in [0.717, 1.165) is 16.3 Å². The van der Waals surface area contributed by atoms with Crippen molar-refractivity contribution in [3.8, 4) is 5.75 Å². The van der Waals surface area contributed by atoms with Crippen LogP contribution in [0.25, 0.3) is 10.8 Å². The molecule has 0 spiro atoms. The normalized spacial score (nSPS) is 14.3. The lowest BCUT2D eigenvalue weighted by Gasteiger charge is -2.18. The highest BCUT2D eigenvalue weighted by molar-refractivity contribution is 7.85. The molecular formula is C21H20ClO4P. The average Bonchev–Trinajstić information content (AvgIpc) is 2.66. The molecule has 0 radical (unpaired) electrons. The summed E-state index contributed by atoms with van der Waals surface area (Å²) in [6, 6.07) is 22.4. The van der Waals surface area contributed by atoms with E-state index in [1.165, 1.54) is 0 Å². The average molecular weight is 403 g/mol. The molecule has 0 aliphatic heterocycles. The van der Waals surface area contributed by atoms with Gasteiger partial charge >= 0.3 is 12.7 Å². The summed E-state index contributed by atoms with van der Waals surface area (Å²) >= 11 is 6.15. The van der Waals surface area contributed by atoms with Gasteiger partial charge in [0.05, 0.1) is 12.1 Å². The van der Waals surface area contributed by atoms with Crippen molar-refractivity contribution in [2.24, 2.45) is 5.92 Å². The van der Waals surface area contributed by atoms with Gasteiger partial charge in [0.2, 0.25) is 0 Å². The molecule has 0 fully saturated rings. The van der Waals surface area contributed by atoms with E-state index in [9.17, 15) is 9.36 Å². The molecule has 1 unspecified atom stereocenters. The first-order chi connectivity index (χ1) is 12.9. The van der Waals surface area contributed by atoms with Gasteiger partial charge in [-0.2, -0.15) is 0 Å². The van der Waals surface area contributed by atoms with Gasteiger partial charge in [0.25, 0.3) is 0 Å². The molecule has 6 heteroatoms. The van der Waals surface area contributed by atoms with Crippen LogP contribution in [-0.4, -0.2) is 12.1 Å². The van der Waals surface area contributed by atoms with Gasteiger partial charge < -0.3 is 9.26 Å². The Balaban J connectivity index is 1.63. The lowest BCUT2D eigenvalue weighted by atomic mass is 10.1. The lowest BCUT2D eigenvalue weighted by Crippen LogP contribution is -2.18. The Labute approximate surface area is 163 Å². The van der Waals surface area contributed by atoms with Gasteiger partial charge in [-0.25, -0.2) is 0 Å². The molecule has 3 aromatic rings. The van der Waals surface area contributed by atoms with Crippen LogP contribution in [0.15, 0.2) is 72.8 Å². The highest BCUT2D eigenvalue weighted by atomic mass is 35.7. The third kappa shape index (κ3) is 5.35. The molecule has 0 bridgehead atoms. The summed E-state index contributed by atoms with van der Waals surface area (Å²) in [6.07, 6.45) is -0.106. The van der Waals surface area contributed by atoms with Crippen LogP contribution in [0.3, 0.4) is 0 Å². The zero-order valence-corrected chi connectivity index (χ0v) is 16.5. The maximum atomic E-state index is 12.8. The quantitative estimate of drug-likeness (QED) is 0.357. The van der Waals surface area contributed by atoms with Crippen LogP contribution >= 0.6 is 18.0 Å². The Kier molecular flexibility index (Phi) is 6.20. The van der Waals surface area contributed by atoms with Gasteiger partial charge in [-0.3, -0.25) is 9.36 Å². The standard InChI is InChI=1S/C21H20ClO4P/c1-16(21(23)25-14-17-8-3-2-4-9-17)15-27(22,24)26-20-13-7-11-18-10-5-6-12-19(18)20/h2-13,16H,14-15H2,1H3/t16-,27?/m1/s1. The summed E-state index contributed by atoms with van der Waals surface area (Å²) in [7, 11) is 0. The fraction of sp³-hybridized carbons (Fsp3) is 0.190. The number of hydrogen-bond donors (Lipinski definition) is 0. The molecule has 0 saturated heterocycles. The topological polar surface area (TPSA) is 52.6 Å². The number of benzene rings is 3. The summed E-state index contributed by atoms with van der Waals surface area (Å²) in [5, 5.41) is 1.78. The van der Waals surface area contributed by atoms with E-state index in [4.69, 9.17) is 20.5 Å². The van der Waals surface area contributed by atoms with Crippen LogP contribution in [0, 0.1) is 5.92 Å². The van der Waals surface area contributed by atoms with E-state index in [0.29, 0.717) is 5.75 Å². The van der Waals surface area contributed by atoms with E-state index >= 15 is 0 Å². The third-order valence-electron chi connectivity index (χ3n) is 4.10. The van der Waals surface area contributed by atoms with Gasteiger partial charge in [-0.1, -0.05) is 73.7 Å². The fourth-order valence-corrected chi connectivity index (χ4v) is 4.91. The van der Waals surface area contributed by atoms with Gasteiger partial charge in [-0.05, 0) is 28.3 Å². The Morgan fingerprint density at radius 3 is 2.44 bits per heavy atom. The number of halogens is 1. The van der Waals surface area contributed by atoms with E-state index in [1.807, 2.05) is 66.7 Å². The predicted octanol–water partition coefficient (Wildman–Crippen LogP) is 6.03. The SMILES string of the molecule is C[C@H](CP(=O)(Cl)Oc1cccc2ccccc12)C(=O)OCc1ccccc1. The summed E-state index contributed by atoms with van der Waals surface area (Å²) in [5.74, 6) is -0.662. The Morgan fingerprint density at radius 2 is 1.67 bits per heavy atom. The molecule has 3 rings (SSSR count). The minimum atomic E-state index is -3.55. The van der Waals surface area contributed by atoms with Crippen LogP contribution in [0.5, 0.6) is 5.75 Å². The fourth-order valence-electron chi connectivity index (χ4n) is 2.73. The molecule has 0 aromatic heterocycles. The van der Waals surface area contributed by atoms with Crippen LogP contribution in [-0.2, 0) is 20.7 Å². The number of fused-ring (bicyclic) bond motifs is 1. The number of esters is 1. The molecule has 0 amide bonds. The Bertz CT molecular complexity index is 969. The first-order valence-electron chi connectivity index (χ1n) is 8.61. The van der Waals surface area contributed by atoms with E-state index in [2.05, 4.69) is 0 Å². The molecule has 0 heterocycles. The number of ether oxygens (including phenoxy) is 1. The van der Waals surface area contributed by atoms with Gasteiger partial charge in [0, 0.05) is 5.39 Å². The number of rotatable bonds is 7. The molecule has 140 valence electrons. The number of carbonyl (C=O) groups is 1. The minimum Gasteiger partial charge on any atom is -0.461 e. The van der Waals surface area contributed by atoms with Crippen molar-refractivity contribution in [3.05, 3.63) is 78.4 Å². The molecule has 4 nitrogen and oxygen atoms in total.